The van der Waals surface area contributed by atoms with Crippen LogP contribution in [0, 0.1) is 0 Å². The second-order valence-electron chi connectivity index (χ2n) is 4.75. The van der Waals surface area contributed by atoms with Crippen LogP contribution in [0.1, 0.15) is 0 Å². The highest BCUT2D eigenvalue weighted by Crippen LogP contribution is 2.33. The molecule has 0 aliphatic heterocycles. The van der Waals surface area contributed by atoms with Gasteiger partial charge in [0, 0.05) is 22.4 Å². The Morgan fingerprint density at radius 2 is 1.47 bits per heavy atom. The molecule has 0 bridgehead atoms. The predicted molar refractivity (Wildman–Crippen MR) is 83.3 cm³/mol. The molecule has 0 fully saturated rings. The smallest absolute Gasteiger partial charge is 0.0613 e. The van der Waals surface area contributed by atoms with Crippen LogP contribution in [0.15, 0.2) is 67.2 Å². The van der Waals surface area contributed by atoms with Gasteiger partial charge in [0.25, 0.3) is 0 Å². The summed E-state index contributed by atoms with van der Waals surface area (Å²) >= 11 is 0. The first-order chi connectivity index (χ1) is 9.40. The summed E-state index contributed by atoms with van der Waals surface area (Å²) in [4.78, 5) is 0. The monoisotopic (exact) mass is 243 g/mol. The maximum atomic E-state index is 3.97. The average molecular weight is 243 g/mol. The maximum Gasteiger partial charge on any atom is 0.0613 e. The van der Waals surface area contributed by atoms with Crippen LogP contribution in [0.3, 0.4) is 0 Å². The van der Waals surface area contributed by atoms with Crippen molar-refractivity contribution in [1.29, 1.82) is 0 Å². The number of fused-ring (bicyclic) bond motifs is 5. The maximum absolute atomic E-state index is 3.97. The first-order valence-electron chi connectivity index (χ1n) is 6.43. The Hall–Kier alpha value is -2.54. The molecule has 90 valence electrons. The van der Waals surface area contributed by atoms with E-state index in [1.807, 2.05) is 6.20 Å². The number of aromatic nitrogens is 1. The topological polar surface area (TPSA) is 4.93 Å². The van der Waals surface area contributed by atoms with E-state index in [0.29, 0.717) is 0 Å². The molecule has 0 N–H and O–H groups in total. The minimum absolute atomic E-state index is 1.21. The van der Waals surface area contributed by atoms with Crippen LogP contribution in [-0.2, 0) is 0 Å². The van der Waals surface area contributed by atoms with Gasteiger partial charge in [-0.25, -0.2) is 0 Å². The predicted octanol–water partition coefficient (Wildman–Crippen LogP) is 5.05. The van der Waals surface area contributed by atoms with Crippen LogP contribution in [0.5, 0.6) is 0 Å². The SMILES string of the molecule is C=Cn1c2ccccc2c2ccc3ccccc3c21. The largest absolute Gasteiger partial charge is 0.316 e. The van der Waals surface area contributed by atoms with Gasteiger partial charge < -0.3 is 4.57 Å². The van der Waals surface area contributed by atoms with Crippen LogP contribution in [0.25, 0.3) is 38.8 Å². The van der Waals surface area contributed by atoms with E-state index in [0.717, 1.165) is 0 Å². The summed E-state index contributed by atoms with van der Waals surface area (Å²) < 4.78 is 2.19. The normalized spacial score (nSPS) is 11.4. The lowest BCUT2D eigenvalue weighted by Gasteiger charge is -2.03. The van der Waals surface area contributed by atoms with Crippen LogP contribution in [-0.4, -0.2) is 4.57 Å². The van der Waals surface area contributed by atoms with Gasteiger partial charge in [0.15, 0.2) is 0 Å². The highest BCUT2D eigenvalue weighted by Gasteiger charge is 2.10. The number of benzene rings is 3. The molecule has 0 saturated carbocycles. The van der Waals surface area contributed by atoms with Gasteiger partial charge in [-0.05, 0) is 11.5 Å². The van der Waals surface area contributed by atoms with Gasteiger partial charge in [-0.15, -0.1) is 0 Å². The second-order valence-corrected chi connectivity index (χ2v) is 4.75. The molecule has 0 radical (unpaired) electrons. The lowest BCUT2D eigenvalue weighted by molar-refractivity contribution is 1.31. The summed E-state index contributed by atoms with van der Waals surface area (Å²) in [6.45, 7) is 3.97. The van der Waals surface area contributed by atoms with Gasteiger partial charge in [0.05, 0.1) is 11.0 Å². The molecule has 1 nitrogen and oxygen atoms in total. The van der Waals surface area contributed by atoms with Crippen molar-refractivity contribution in [2.45, 2.75) is 0 Å². The van der Waals surface area contributed by atoms with E-state index >= 15 is 0 Å². The first kappa shape index (κ1) is 10.4. The summed E-state index contributed by atoms with van der Waals surface area (Å²) in [7, 11) is 0. The standard InChI is InChI=1S/C18H13N/c1-2-19-17-10-6-5-9-15(17)16-12-11-13-7-3-4-8-14(13)18(16)19/h2-12H,1H2. The number of para-hydroxylation sites is 1. The van der Waals surface area contributed by atoms with Gasteiger partial charge in [-0.1, -0.05) is 61.2 Å². The third-order valence-electron chi connectivity index (χ3n) is 3.78. The molecule has 0 unspecified atom stereocenters. The van der Waals surface area contributed by atoms with Crippen molar-refractivity contribution in [3.8, 4) is 0 Å². The Bertz CT molecular complexity index is 928. The van der Waals surface area contributed by atoms with Crippen LogP contribution in [0.2, 0.25) is 0 Å². The molecule has 0 saturated heterocycles. The molecule has 0 spiro atoms. The lowest BCUT2D eigenvalue weighted by atomic mass is 10.1. The van der Waals surface area contributed by atoms with Gasteiger partial charge in [-0.3, -0.25) is 0 Å². The van der Waals surface area contributed by atoms with Crippen molar-refractivity contribution in [1.82, 2.24) is 4.57 Å². The quantitative estimate of drug-likeness (QED) is 0.441. The van der Waals surface area contributed by atoms with Gasteiger partial charge >= 0.3 is 0 Å². The van der Waals surface area contributed by atoms with Crippen molar-refractivity contribution in [2.75, 3.05) is 0 Å². The minimum atomic E-state index is 1.21. The van der Waals surface area contributed by atoms with E-state index in [1.165, 1.54) is 32.6 Å². The van der Waals surface area contributed by atoms with E-state index in [2.05, 4.69) is 71.8 Å². The van der Waals surface area contributed by atoms with E-state index in [1.54, 1.807) is 0 Å². The Labute approximate surface area is 111 Å². The molecule has 0 aliphatic rings. The van der Waals surface area contributed by atoms with Crippen molar-refractivity contribution in [2.24, 2.45) is 0 Å². The van der Waals surface area contributed by atoms with Crippen molar-refractivity contribution in [3.63, 3.8) is 0 Å². The van der Waals surface area contributed by atoms with Gasteiger partial charge in [0.2, 0.25) is 0 Å². The Kier molecular flexibility index (Phi) is 2.04. The molecular formula is C18H13N. The molecule has 4 rings (SSSR count). The van der Waals surface area contributed by atoms with Crippen molar-refractivity contribution in [3.05, 3.63) is 67.2 Å². The molecule has 0 aliphatic carbocycles. The van der Waals surface area contributed by atoms with Crippen LogP contribution < -0.4 is 0 Å². The molecule has 19 heavy (non-hydrogen) atoms. The number of hydrogen-bond donors (Lipinski definition) is 0. The lowest BCUT2D eigenvalue weighted by Crippen LogP contribution is -1.85. The fourth-order valence-electron chi connectivity index (χ4n) is 2.95. The van der Waals surface area contributed by atoms with Crippen molar-refractivity contribution < 1.29 is 0 Å². The third-order valence-corrected chi connectivity index (χ3v) is 3.78. The molecule has 0 amide bonds. The fourth-order valence-corrected chi connectivity index (χ4v) is 2.95. The fraction of sp³-hybridized carbons (Fsp3) is 0. The number of rotatable bonds is 1. The number of nitrogens with zero attached hydrogens (tertiary/aromatic N) is 1. The summed E-state index contributed by atoms with van der Waals surface area (Å²) in [5, 5.41) is 5.11. The highest BCUT2D eigenvalue weighted by atomic mass is 14.9. The highest BCUT2D eigenvalue weighted by molar-refractivity contribution is 6.18. The molecule has 1 heterocycles. The second kappa shape index (κ2) is 3.72. The zero-order valence-corrected chi connectivity index (χ0v) is 10.5. The van der Waals surface area contributed by atoms with E-state index in [4.69, 9.17) is 0 Å². The van der Waals surface area contributed by atoms with Gasteiger partial charge in [0.1, 0.15) is 0 Å². The zero-order chi connectivity index (χ0) is 12.8. The molecule has 1 aromatic heterocycles. The summed E-state index contributed by atoms with van der Waals surface area (Å²) in [5.41, 5.74) is 2.46. The Morgan fingerprint density at radius 1 is 0.737 bits per heavy atom. The zero-order valence-electron chi connectivity index (χ0n) is 10.5. The molecular weight excluding hydrogens is 230 g/mol. The third kappa shape index (κ3) is 1.30. The van der Waals surface area contributed by atoms with E-state index in [9.17, 15) is 0 Å². The van der Waals surface area contributed by atoms with E-state index in [-0.39, 0.29) is 0 Å². The van der Waals surface area contributed by atoms with Crippen LogP contribution in [0.4, 0.5) is 0 Å². The summed E-state index contributed by atoms with van der Waals surface area (Å²) in [6.07, 6.45) is 1.90. The Balaban J connectivity index is 2.40. The molecule has 3 aromatic carbocycles. The number of hydrogen-bond acceptors (Lipinski definition) is 0. The molecule has 1 heteroatoms. The van der Waals surface area contributed by atoms with Gasteiger partial charge in [-0.2, -0.15) is 0 Å². The summed E-state index contributed by atoms with van der Waals surface area (Å²) in [6, 6.07) is 21.4. The molecule has 0 atom stereocenters. The molecule has 4 aromatic rings. The first-order valence-corrected chi connectivity index (χ1v) is 6.43. The van der Waals surface area contributed by atoms with Crippen LogP contribution >= 0.6 is 0 Å². The summed E-state index contributed by atoms with van der Waals surface area (Å²) in [5.74, 6) is 0. The Morgan fingerprint density at radius 3 is 2.32 bits per heavy atom. The van der Waals surface area contributed by atoms with Crippen molar-refractivity contribution >= 4 is 38.8 Å². The average Bonchev–Trinajstić information content (AvgIpc) is 2.81. The van der Waals surface area contributed by atoms with E-state index < -0.39 is 0 Å². The minimum Gasteiger partial charge on any atom is -0.316 e.